The molecule has 2 aliphatic heterocycles. The van der Waals surface area contributed by atoms with Crippen LogP contribution in [0.15, 0.2) is 29.3 Å². The van der Waals surface area contributed by atoms with Crippen LogP contribution in [0.3, 0.4) is 0 Å². The largest absolute Gasteiger partial charge is 0.352 e. The minimum atomic E-state index is 0.233. The molecule has 0 saturated carbocycles. The lowest BCUT2D eigenvalue weighted by atomic mass is 10.1. The number of benzene rings is 1. The van der Waals surface area contributed by atoms with Gasteiger partial charge < -0.3 is 20.0 Å². The molecule has 8 nitrogen and oxygen atoms in total. The molecule has 2 saturated heterocycles. The van der Waals surface area contributed by atoms with Crippen molar-refractivity contribution >= 4 is 34.2 Å². The van der Waals surface area contributed by atoms with Gasteiger partial charge in [0.25, 0.3) is 0 Å². The molecule has 9 heteroatoms. The van der Waals surface area contributed by atoms with E-state index in [-0.39, 0.29) is 5.91 Å². The number of aromatic nitrogens is 2. The molecule has 1 amide bonds. The highest BCUT2D eigenvalue weighted by Gasteiger charge is 2.22. The van der Waals surface area contributed by atoms with Crippen LogP contribution in [0.1, 0.15) is 37.6 Å². The summed E-state index contributed by atoms with van der Waals surface area (Å²) >= 11 is 1.49. The molecule has 1 aromatic heterocycles. The van der Waals surface area contributed by atoms with E-state index >= 15 is 0 Å². The third-order valence-electron chi connectivity index (χ3n) is 5.86. The fraction of sp³-hybridized carbons (Fsp3) is 0.545. The van der Waals surface area contributed by atoms with Crippen LogP contribution in [0.4, 0.5) is 10.8 Å². The Kier molecular flexibility index (Phi) is 7.01. The second kappa shape index (κ2) is 10.1. The van der Waals surface area contributed by atoms with Crippen molar-refractivity contribution in [3.8, 4) is 0 Å². The van der Waals surface area contributed by atoms with Crippen LogP contribution < -0.4 is 15.1 Å². The van der Waals surface area contributed by atoms with Gasteiger partial charge in [-0.25, -0.2) is 4.98 Å². The fourth-order valence-corrected chi connectivity index (χ4v) is 4.81. The molecule has 0 atom stereocenters. The second-order valence-corrected chi connectivity index (χ2v) is 8.62. The zero-order chi connectivity index (χ0) is 21.6. The number of amides is 1. The molecule has 0 aliphatic carbocycles. The second-order valence-electron chi connectivity index (χ2n) is 7.89. The van der Waals surface area contributed by atoms with Gasteiger partial charge in [-0.2, -0.15) is 4.37 Å². The summed E-state index contributed by atoms with van der Waals surface area (Å²) in [5, 5.41) is 4.50. The number of nitrogens with one attached hydrogen (secondary N) is 1. The predicted molar refractivity (Wildman–Crippen MR) is 126 cm³/mol. The van der Waals surface area contributed by atoms with Crippen molar-refractivity contribution in [3.05, 3.63) is 35.7 Å². The number of carbonyl (C=O) groups excluding carboxylic acids is 1. The molecule has 3 heterocycles. The summed E-state index contributed by atoms with van der Waals surface area (Å²) in [6, 6.07) is 8.29. The lowest BCUT2D eigenvalue weighted by molar-refractivity contribution is -0.119. The van der Waals surface area contributed by atoms with Gasteiger partial charge in [0.1, 0.15) is 5.82 Å². The van der Waals surface area contributed by atoms with Crippen LogP contribution in [0.5, 0.6) is 0 Å². The zero-order valence-electron chi connectivity index (χ0n) is 18.4. The molecule has 31 heavy (non-hydrogen) atoms. The van der Waals surface area contributed by atoms with Gasteiger partial charge in [-0.3, -0.25) is 9.79 Å². The summed E-state index contributed by atoms with van der Waals surface area (Å²) in [6.07, 6.45) is 3.62. The van der Waals surface area contributed by atoms with Gasteiger partial charge in [0.05, 0.1) is 0 Å². The SMILES string of the molecule is CCc1nsc(N2CCN(C(=NC)NCc3ccc(N4CCCCC4=O)cc3)CC2)n1. The van der Waals surface area contributed by atoms with Gasteiger partial charge >= 0.3 is 0 Å². The predicted octanol–water partition coefficient (Wildman–Crippen LogP) is 2.52. The average molecular weight is 442 g/mol. The topological polar surface area (TPSA) is 77.0 Å². The maximum Gasteiger partial charge on any atom is 0.226 e. The fourth-order valence-electron chi connectivity index (χ4n) is 4.01. The van der Waals surface area contributed by atoms with Gasteiger partial charge in [-0.05, 0) is 30.5 Å². The molecule has 4 rings (SSSR count). The number of nitrogens with zero attached hydrogens (tertiary/aromatic N) is 6. The van der Waals surface area contributed by atoms with Crippen molar-refractivity contribution in [2.45, 2.75) is 39.2 Å². The molecule has 1 N–H and O–H groups in total. The van der Waals surface area contributed by atoms with E-state index in [1.807, 2.05) is 24.1 Å². The molecule has 166 valence electrons. The van der Waals surface area contributed by atoms with E-state index < -0.39 is 0 Å². The number of anilines is 2. The van der Waals surface area contributed by atoms with Gasteiger partial charge in [-0.1, -0.05) is 19.1 Å². The minimum Gasteiger partial charge on any atom is -0.352 e. The maximum absolute atomic E-state index is 12.1. The quantitative estimate of drug-likeness (QED) is 0.568. The first-order valence-corrected chi connectivity index (χ1v) is 11.9. The van der Waals surface area contributed by atoms with Crippen molar-refractivity contribution in [2.24, 2.45) is 4.99 Å². The highest BCUT2D eigenvalue weighted by Crippen LogP contribution is 2.22. The number of aryl methyl sites for hydroxylation is 1. The minimum absolute atomic E-state index is 0.233. The summed E-state index contributed by atoms with van der Waals surface area (Å²) in [5.74, 6) is 2.08. The third-order valence-corrected chi connectivity index (χ3v) is 6.67. The smallest absolute Gasteiger partial charge is 0.226 e. The number of hydrogen-bond donors (Lipinski definition) is 1. The number of hydrogen-bond acceptors (Lipinski definition) is 6. The average Bonchev–Trinajstić information content (AvgIpc) is 3.30. The van der Waals surface area contributed by atoms with Crippen LogP contribution in [0, 0.1) is 0 Å². The maximum atomic E-state index is 12.1. The highest BCUT2D eigenvalue weighted by atomic mass is 32.1. The van der Waals surface area contributed by atoms with E-state index in [0.29, 0.717) is 13.0 Å². The summed E-state index contributed by atoms with van der Waals surface area (Å²) < 4.78 is 4.40. The van der Waals surface area contributed by atoms with Crippen molar-refractivity contribution in [1.29, 1.82) is 0 Å². The zero-order valence-corrected chi connectivity index (χ0v) is 19.2. The third kappa shape index (κ3) is 5.15. The normalized spacial score (nSPS) is 17.9. The molecule has 2 aromatic rings. The lowest BCUT2D eigenvalue weighted by Crippen LogP contribution is -2.52. The van der Waals surface area contributed by atoms with Crippen LogP contribution in [-0.4, -0.2) is 65.9 Å². The molecule has 2 aliphatic rings. The first kappa shape index (κ1) is 21.5. The standard InChI is InChI=1S/C22H31N7OS/c1-3-19-25-22(31-26-19)28-14-12-27(13-15-28)21(23-2)24-16-17-7-9-18(10-8-17)29-11-5-4-6-20(29)30/h7-10H,3-6,11-16H2,1-2H3,(H,23,24). The van der Waals surface area contributed by atoms with Crippen LogP contribution in [0.25, 0.3) is 0 Å². The van der Waals surface area contributed by atoms with E-state index in [1.165, 1.54) is 17.1 Å². The number of guanidine groups is 1. The molecule has 2 fully saturated rings. The number of piperazine rings is 1. The Morgan fingerprint density at radius 2 is 1.90 bits per heavy atom. The number of carbonyl (C=O) groups is 1. The molecular formula is C22H31N7OS. The van der Waals surface area contributed by atoms with E-state index in [1.54, 1.807) is 0 Å². The summed E-state index contributed by atoms with van der Waals surface area (Å²) in [7, 11) is 1.83. The Morgan fingerprint density at radius 3 is 2.55 bits per heavy atom. The monoisotopic (exact) mass is 441 g/mol. The van der Waals surface area contributed by atoms with E-state index in [2.05, 4.69) is 48.5 Å². The van der Waals surface area contributed by atoms with E-state index in [4.69, 9.17) is 0 Å². The Balaban J connectivity index is 1.28. The number of rotatable bonds is 5. The molecule has 1 aromatic carbocycles. The molecular weight excluding hydrogens is 410 g/mol. The first-order valence-electron chi connectivity index (χ1n) is 11.1. The Hall–Kier alpha value is -2.68. The van der Waals surface area contributed by atoms with Crippen molar-refractivity contribution in [3.63, 3.8) is 0 Å². The van der Waals surface area contributed by atoms with Crippen molar-refractivity contribution < 1.29 is 4.79 Å². The van der Waals surface area contributed by atoms with Crippen LogP contribution in [0.2, 0.25) is 0 Å². The first-order chi connectivity index (χ1) is 15.2. The summed E-state index contributed by atoms with van der Waals surface area (Å²) in [5.41, 5.74) is 2.17. The van der Waals surface area contributed by atoms with Crippen LogP contribution in [-0.2, 0) is 17.8 Å². The Morgan fingerprint density at radius 1 is 1.13 bits per heavy atom. The molecule has 0 spiro atoms. The molecule has 0 unspecified atom stereocenters. The Bertz CT molecular complexity index is 903. The van der Waals surface area contributed by atoms with E-state index in [0.717, 1.165) is 74.6 Å². The van der Waals surface area contributed by atoms with Crippen LogP contribution >= 0.6 is 11.5 Å². The number of aliphatic imine (C=N–C) groups is 1. The lowest BCUT2D eigenvalue weighted by Gasteiger charge is -2.36. The van der Waals surface area contributed by atoms with Gasteiger partial charge in [0, 0.05) is 76.4 Å². The van der Waals surface area contributed by atoms with Gasteiger partial charge in [0.15, 0.2) is 5.96 Å². The summed E-state index contributed by atoms with van der Waals surface area (Å²) in [4.78, 5) is 27.7. The van der Waals surface area contributed by atoms with Crippen molar-refractivity contribution in [1.82, 2.24) is 19.6 Å². The number of piperidine rings is 1. The highest BCUT2D eigenvalue weighted by molar-refractivity contribution is 7.09. The van der Waals surface area contributed by atoms with E-state index in [9.17, 15) is 4.79 Å². The summed E-state index contributed by atoms with van der Waals surface area (Å²) in [6.45, 7) is 7.24. The molecule has 0 bridgehead atoms. The van der Waals surface area contributed by atoms with Gasteiger partial charge in [-0.15, -0.1) is 0 Å². The Labute approximate surface area is 188 Å². The van der Waals surface area contributed by atoms with Gasteiger partial charge in [0.2, 0.25) is 11.0 Å². The molecule has 0 radical (unpaired) electrons. The van der Waals surface area contributed by atoms with Crippen molar-refractivity contribution in [2.75, 3.05) is 49.6 Å².